The molecule has 2 N–H and O–H groups in total. The number of carbonyl (C=O) groups excluding carboxylic acids is 1. The molecule has 1 aliphatic heterocycles. The predicted octanol–water partition coefficient (Wildman–Crippen LogP) is 0.154. The van der Waals surface area contributed by atoms with Crippen LogP contribution in [0.15, 0.2) is 0 Å². The van der Waals surface area contributed by atoms with Crippen molar-refractivity contribution in [2.75, 3.05) is 40.0 Å². The second-order valence-electron chi connectivity index (χ2n) is 4.45. The molecule has 2 atom stereocenters. The molecule has 1 rings (SSSR count). The summed E-state index contributed by atoms with van der Waals surface area (Å²) in [7, 11) is 1.65. The predicted molar refractivity (Wildman–Crippen MR) is 65.9 cm³/mol. The van der Waals surface area contributed by atoms with Crippen LogP contribution in [-0.2, 0) is 14.3 Å². The SMILES string of the molecule is COCCOCCCNC(=O)C1NCCC1C. The van der Waals surface area contributed by atoms with E-state index in [2.05, 4.69) is 17.6 Å². The van der Waals surface area contributed by atoms with E-state index in [4.69, 9.17) is 9.47 Å². The van der Waals surface area contributed by atoms with E-state index in [-0.39, 0.29) is 11.9 Å². The summed E-state index contributed by atoms with van der Waals surface area (Å²) in [4.78, 5) is 11.8. The van der Waals surface area contributed by atoms with E-state index >= 15 is 0 Å². The summed E-state index contributed by atoms with van der Waals surface area (Å²) >= 11 is 0. The average molecular weight is 244 g/mol. The standard InChI is InChI=1S/C12H24N2O3/c1-10-4-6-13-11(10)12(15)14-5-3-7-17-9-8-16-2/h10-11,13H,3-9H2,1-2H3,(H,14,15). The van der Waals surface area contributed by atoms with Crippen molar-refractivity contribution in [2.24, 2.45) is 5.92 Å². The normalized spacial score (nSPS) is 23.9. The van der Waals surface area contributed by atoms with Crippen molar-refractivity contribution in [3.05, 3.63) is 0 Å². The second kappa shape index (κ2) is 8.44. The Balaban J connectivity index is 1.97. The monoisotopic (exact) mass is 244 g/mol. The maximum Gasteiger partial charge on any atom is 0.237 e. The smallest absolute Gasteiger partial charge is 0.237 e. The van der Waals surface area contributed by atoms with Gasteiger partial charge in [-0.1, -0.05) is 6.92 Å². The molecule has 1 heterocycles. The molecule has 0 aromatic heterocycles. The molecule has 0 aromatic carbocycles. The zero-order chi connectivity index (χ0) is 12.5. The van der Waals surface area contributed by atoms with Gasteiger partial charge in [0.05, 0.1) is 19.3 Å². The number of carbonyl (C=O) groups is 1. The van der Waals surface area contributed by atoms with Crippen molar-refractivity contribution in [2.45, 2.75) is 25.8 Å². The molecule has 0 aliphatic carbocycles. The van der Waals surface area contributed by atoms with Gasteiger partial charge in [-0.25, -0.2) is 0 Å². The number of amides is 1. The van der Waals surface area contributed by atoms with Gasteiger partial charge in [0.2, 0.25) is 5.91 Å². The highest BCUT2D eigenvalue weighted by molar-refractivity contribution is 5.82. The molecule has 0 bridgehead atoms. The average Bonchev–Trinajstić information content (AvgIpc) is 2.74. The summed E-state index contributed by atoms with van der Waals surface area (Å²) in [6, 6.07) is -0.00981. The fourth-order valence-electron chi connectivity index (χ4n) is 1.93. The van der Waals surface area contributed by atoms with Crippen LogP contribution in [0.5, 0.6) is 0 Å². The molecule has 2 unspecified atom stereocenters. The third-order valence-corrected chi connectivity index (χ3v) is 3.01. The highest BCUT2D eigenvalue weighted by atomic mass is 16.5. The Kier molecular flexibility index (Phi) is 7.16. The van der Waals surface area contributed by atoms with Gasteiger partial charge in [0.15, 0.2) is 0 Å². The van der Waals surface area contributed by atoms with Crippen LogP contribution in [0, 0.1) is 5.92 Å². The lowest BCUT2D eigenvalue weighted by atomic mass is 10.0. The molecule has 0 spiro atoms. The maximum absolute atomic E-state index is 11.8. The summed E-state index contributed by atoms with van der Waals surface area (Å²) in [6.45, 7) is 5.63. The molecule has 100 valence electrons. The topological polar surface area (TPSA) is 59.6 Å². The van der Waals surface area contributed by atoms with Crippen molar-refractivity contribution >= 4 is 5.91 Å². The third-order valence-electron chi connectivity index (χ3n) is 3.01. The summed E-state index contributed by atoms with van der Waals surface area (Å²) in [5, 5.41) is 6.15. The van der Waals surface area contributed by atoms with E-state index in [9.17, 15) is 4.79 Å². The first-order chi connectivity index (χ1) is 8.25. The Morgan fingerprint density at radius 1 is 1.41 bits per heavy atom. The minimum Gasteiger partial charge on any atom is -0.382 e. The molecule has 17 heavy (non-hydrogen) atoms. The largest absolute Gasteiger partial charge is 0.382 e. The molecule has 1 aliphatic rings. The van der Waals surface area contributed by atoms with Crippen molar-refractivity contribution in [1.29, 1.82) is 0 Å². The van der Waals surface area contributed by atoms with E-state index in [1.807, 2.05) is 0 Å². The highest BCUT2D eigenvalue weighted by Crippen LogP contribution is 2.13. The van der Waals surface area contributed by atoms with Crippen LogP contribution in [0.3, 0.4) is 0 Å². The van der Waals surface area contributed by atoms with Gasteiger partial charge in [-0.15, -0.1) is 0 Å². The van der Waals surface area contributed by atoms with Gasteiger partial charge in [0.1, 0.15) is 0 Å². The number of nitrogens with one attached hydrogen (secondary N) is 2. The van der Waals surface area contributed by atoms with Crippen LogP contribution in [0.1, 0.15) is 19.8 Å². The first-order valence-electron chi connectivity index (χ1n) is 6.33. The molecular weight excluding hydrogens is 220 g/mol. The van der Waals surface area contributed by atoms with Crippen LogP contribution >= 0.6 is 0 Å². The Morgan fingerprint density at radius 2 is 2.24 bits per heavy atom. The van der Waals surface area contributed by atoms with E-state index in [1.54, 1.807) is 7.11 Å². The number of ether oxygens (including phenoxy) is 2. The van der Waals surface area contributed by atoms with Crippen molar-refractivity contribution in [3.63, 3.8) is 0 Å². The van der Waals surface area contributed by atoms with Gasteiger partial charge in [-0.3, -0.25) is 4.79 Å². The second-order valence-corrected chi connectivity index (χ2v) is 4.45. The lowest BCUT2D eigenvalue weighted by Crippen LogP contribution is -2.43. The molecule has 5 nitrogen and oxygen atoms in total. The number of hydrogen-bond acceptors (Lipinski definition) is 4. The maximum atomic E-state index is 11.8. The van der Waals surface area contributed by atoms with Gasteiger partial charge in [0, 0.05) is 20.3 Å². The fraction of sp³-hybridized carbons (Fsp3) is 0.917. The summed E-state index contributed by atoms with van der Waals surface area (Å²) in [5.74, 6) is 0.555. The molecular formula is C12H24N2O3. The quantitative estimate of drug-likeness (QED) is 0.597. The molecule has 5 heteroatoms. The van der Waals surface area contributed by atoms with Gasteiger partial charge < -0.3 is 20.1 Å². The zero-order valence-corrected chi connectivity index (χ0v) is 10.8. The van der Waals surface area contributed by atoms with Crippen molar-refractivity contribution in [1.82, 2.24) is 10.6 Å². The van der Waals surface area contributed by atoms with Gasteiger partial charge >= 0.3 is 0 Å². The van der Waals surface area contributed by atoms with Crippen LogP contribution in [0.4, 0.5) is 0 Å². The van der Waals surface area contributed by atoms with E-state index in [1.165, 1.54) is 0 Å². The number of methoxy groups -OCH3 is 1. The molecule has 0 aromatic rings. The van der Waals surface area contributed by atoms with E-state index in [0.29, 0.717) is 32.3 Å². The number of hydrogen-bond donors (Lipinski definition) is 2. The summed E-state index contributed by atoms with van der Waals surface area (Å²) < 4.78 is 10.2. The minimum atomic E-state index is -0.00981. The van der Waals surface area contributed by atoms with Crippen LogP contribution in [-0.4, -0.2) is 52.0 Å². The van der Waals surface area contributed by atoms with Crippen LogP contribution < -0.4 is 10.6 Å². The molecule has 0 radical (unpaired) electrons. The van der Waals surface area contributed by atoms with Crippen LogP contribution in [0.2, 0.25) is 0 Å². The molecule has 1 fully saturated rings. The summed E-state index contributed by atoms with van der Waals surface area (Å²) in [5.41, 5.74) is 0. The van der Waals surface area contributed by atoms with Gasteiger partial charge in [-0.05, 0) is 25.3 Å². The van der Waals surface area contributed by atoms with Gasteiger partial charge in [0.25, 0.3) is 0 Å². The lowest BCUT2D eigenvalue weighted by Gasteiger charge is -2.15. The molecule has 0 saturated carbocycles. The van der Waals surface area contributed by atoms with E-state index in [0.717, 1.165) is 19.4 Å². The molecule has 1 saturated heterocycles. The first kappa shape index (κ1) is 14.4. The lowest BCUT2D eigenvalue weighted by molar-refractivity contribution is -0.123. The van der Waals surface area contributed by atoms with E-state index < -0.39 is 0 Å². The first-order valence-corrected chi connectivity index (χ1v) is 6.33. The Bertz CT molecular complexity index is 224. The number of rotatable bonds is 8. The van der Waals surface area contributed by atoms with Crippen LogP contribution in [0.25, 0.3) is 0 Å². The Hall–Kier alpha value is -0.650. The van der Waals surface area contributed by atoms with Gasteiger partial charge in [-0.2, -0.15) is 0 Å². The molecule has 1 amide bonds. The highest BCUT2D eigenvalue weighted by Gasteiger charge is 2.28. The Morgan fingerprint density at radius 3 is 2.88 bits per heavy atom. The van der Waals surface area contributed by atoms with Crippen molar-refractivity contribution in [3.8, 4) is 0 Å². The zero-order valence-electron chi connectivity index (χ0n) is 10.8. The third kappa shape index (κ3) is 5.48. The fourth-order valence-corrected chi connectivity index (χ4v) is 1.93. The minimum absolute atomic E-state index is 0.00981. The van der Waals surface area contributed by atoms with Crippen molar-refractivity contribution < 1.29 is 14.3 Å². The summed E-state index contributed by atoms with van der Waals surface area (Å²) in [6.07, 6.45) is 1.93. The Labute approximate surface area is 103 Å².